The summed E-state index contributed by atoms with van der Waals surface area (Å²) in [5.41, 5.74) is 3.01. The molecule has 1 saturated carbocycles. The first kappa shape index (κ1) is 18.4. The summed E-state index contributed by atoms with van der Waals surface area (Å²) >= 11 is 0. The smallest absolute Gasteiger partial charge is 0.252 e. The molecule has 3 aromatic rings. The molecule has 0 unspecified atom stereocenters. The van der Waals surface area contributed by atoms with Gasteiger partial charge in [-0.15, -0.1) is 0 Å². The number of aryl methyl sites for hydroxylation is 3. The van der Waals surface area contributed by atoms with Gasteiger partial charge in [0.2, 0.25) is 5.89 Å². The fourth-order valence-corrected chi connectivity index (χ4v) is 3.99. The Morgan fingerprint density at radius 1 is 1.11 bits per heavy atom. The lowest BCUT2D eigenvalue weighted by atomic mass is 9.80. The predicted octanol–water partition coefficient (Wildman–Crippen LogP) is 3.77. The molecule has 2 aromatic heterocycles. The average Bonchev–Trinajstić information content (AvgIpc) is 3.28. The van der Waals surface area contributed by atoms with Gasteiger partial charge in [0, 0.05) is 18.2 Å². The summed E-state index contributed by atoms with van der Waals surface area (Å²) < 4.78 is 7.06. The lowest BCUT2D eigenvalue weighted by Gasteiger charge is -2.35. The number of carbonyl (C=O) groups excluding carboxylic acids is 1. The van der Waals surface area contributed by atoms with Crippen molar-refractivity contribution in [3.63, 3.8) is 0 Å². The van der Waals surface area contributed by atoms with Crippen molar-refractivity contribution in [2.75, 3.05) is 0 Å². The van der Waals surface area contributed by atoms with Gasteiger partial charge in [-0.1, -0.05) is 24.4 Å². The maximum absolute atomic E-state index is 13.0. The second kappa shape index (κ2) is 7.22. The van der Waals surface area contributed by atoms with Crippen molar-refractivity contribution in [3.8, 4) is 5.69 Å². The molecular weight excluding hydrogens is 354 g/mol. The van der Waals surface area contributed by atoms with Gasteiger partial charge < -0.3 is 9.84 Å². The lowest BCUT2D eigenvalue weighted by molar-refractivity contribution is 0.0855. The molecule has 1 N–H and O–H groups in total. The van der Waals surface area contributed by atoms with Crippen LogP contribution in [-0.2, 0) is 5.54 Å². The van der Waals surface area contributed by atoms with E-state index in [-0.39, 0.29) is 5.91 Å². The Balaban J connectivity index is 1.57. The van der Waals surface area contributed by atoms with E-state index in [2.05, 4.69) is 20.6 Å². The van der Waals surface area contributed by atoms with E-state index in [1.165, 1.54) is 0 Å². The van der Waals surface area contributed by atoms with Gasteiger partial charge in [0.25, 0.3) is 5.91 Å². The van der Waals surface area contributed by atoms with Crippen molar-refractivity contribution in [1.82, 2.24) is 25.2 Å². The van der Waals surface area contributed by atoms with Crippen LogP contribution in [0, 0.1) is 20.8 Å². The maximum Gasteiger partial charge on any atom is 0.252 e. The molecular formula is C21H25N5O2. The van der Waals surface area contributed by atoms with Gasteiger partial charge in [-0.2, -0.15) is 10.1 Å². The van der Waals surface area contributed by atoms with Crippen molar-refractivity contribution in [3.05, 3.63) is 59.0 Å². The first-order chi connectivity index (χ1) is 13.5. The van der Waals surface area contributed by atoms with E-state index < -0.39 is 5.54 Å². The van der Waals surface area contributed by atoms with Crippen LogP contribution in [0.4, 0.5) is 0 Å². The number of hydrogen-bond acceptors (Lipinski definition) is 5. The number of hydrogen-bond donors (Lipinski definition) is 1. The molecule has 7 nitrogen and oxygen atoms in total. The van der Waals surface area contributed by atoms with Crippen LogP contribution in [0.5, 0.6) is 0 Å². The molecule has 4 rings (SSSR count). The van der Waals surface area contributed by atoms with E-state index in [9.17, 15) is 4.79 Å². The summed E-state index contributed by atoms with van der Waals surface area (Å²) in [5, 5.41) is 11.8. The Labute approximate surface area is 164 Å². The monoisotopic (exact) mass is 379 g/mol. The van der Waals surface area contributed by atoms with Crippen LogP contribution in [0.2, 0.25) is 0 Å². The van der Waals surface area contributed by atoms with Gasteiger partial charge in [-0.25, -0.2) is 4.68 Å². The molecule has 1 aromatic carbocycles. The van der Waals surface area contributed by atoms with Crippen LogP contribution in [0.15, 0.2) is 34.9 Å². The van der Waals surface area contributed by atoms with Crippen molar-refractivity contribution in [2.45, 2.75) is 58.4 Å². The minimum absolute atomic E-state index is 0.121. The van der Waals surface area contributed by atoms with E-state index >= 15 is 0 Å². The summed E-state index contributed by atoms with van der Waals surface area (Å²) in [6.07, 6.45) is 4.87. The van der Waals surface area contributed by atoms with Gasteiger partial charge >= 0.3 is 0 Å². The molecule has 0 aliphatic heterocycles. The summed E-state index contributed by atoms with van der Waals surface area (Å²) in [4.78, 5) is 17.4. The molecule has 0 bridgehead atoms. The van der Waals surface area contributed by atoms with Gasteiger partial charge in [-0.3, -0.25) is 4.79 Å². The number of nitrogens with one attached hydrogen (secondary N) is 1. The van der Waals surface area contributed by atoms with Crippen molar-refractivity contribution in [2.24, 2.45) is 0 Å². The molecule has 0 spiro atoms. The Kier molecular flexibility index (Phi) is 4.75. The highest BCUT2D eigenvalue weighted by Crippen LogP contribution is 2.36. The zero-order chi connectivity index (χ0) is 19.7. The minimum atomic E-state index is -0.554. The summed E-state index contributed by atoms with van der Waals surface area (Å²) in [7, 11) is 0. The van der Waals surface area contributed by atoms with Crippen molar-refractivity contribution >= 4 is 5.91 Å². The third-order valence-electron chi connectivity index (χ3n) is 5.40. The SMILES string of the molecule is Cc1cc(C)n(-c2ccc(C(=O)NC3(c4noc(C)n4)CCCCC3)cc2)n1. The van der Waals surface area contributed by atoms with Gasteiger partial charge in [0.05, 0.1) is 11.4 Å². The first-order valence-corrected chi connectivity index (χ1v) is 9.74. The van der Waals surface area contributed by atoms with Crippen LogP contribution < -0.4 is 5.32 Å². The van der Waals surface area contributed by atoms with Crippen LogP contribution >= 0.6 is 0 Å². The quantitative estimate of drug-likeness (QED) is 0.746. The predicted molar refractivity (Wildman–Crippen MR) is 104 cm³/mol. The van der Waals surface area contributed by atoms with E-state index in [4.69, 9.17) is 4.52 Å². The number of benzene rings is 1. The molecule has 146 valence electrons. The van der Waals surface area contributed by atoms with Crippen molar-refractivity contribution in [1.29, 1.82) is 0 Å². The first-order valence-electron chi connectivity index (χ1n) is 9.74. The van der Waals surface area contributed by atoms with E-state index in [1.807, 2.05) is 48.9 Å². The highest BCUT2D eigenvalue weighted by molar-refractivity contribution is 5.94. The van der Waals surface area contributed by atoms with E-state index in [0.717, 1.165) is 49.2 Å². The van der Waals surface area contributed by atoms with Gasteiger partial charge in [-0.05, 0) is 57.0 Å². The summed E-state index contributed by atoms with van der Waals surface area (Å²) in [6, 6.07) is 9.53. The highest BCUT2D eigenvalue weighted by atomic mass is 16.5. The summed E-state index contributed by atoms with van der Waals surface area (Å²) in [6.45, 7) is 5.75. The largest absolute Gasteiger partial charge is 0.340 e. The van der Waals surface area contributed by atoms with Crippen LogP contribution in [-0.4, -0.2) is 25.8 Å². The normalized spacial score (nSPS) is 16.1. The number of rotatable bonds is 4. The number of amides is 1. The Bertz CT molecular complexity index is 981. The highest BCUT2D eigenvalue weighted by Gasteiger charge is 2.39. The molecule has 1 aliphatic carbocycles. The van der Waals surface area contributed by atoms with Crippen LogP contribution in [0.1, 0.15) is 65.6 Å². The Morgan fingerprint density at radius 2 is 1.82 bits per heavy atom. The third-order valence-corrected chi connectivity index (χ3v) is 5.40. The molecule has 2 heterocycles. The van der Waals surface area contributed by atoms with Gasteiger partial charge in [0.1, 0.15) is 5.54 Å². The Morgan fingerprint density at radius 3 is 2.39 bits per heavy atom. The Hall–Kier alpha value is -2.96. The second-order valence-electron chi connectivity index (χ2n) is 7.62. The fraction of sp³-hybridized carbons (Fsp3) is 0.429. The second-order valence-corrected chi connectivity index (χ2v) is 7.62. The standard InChI is InChI=1S/C21H25N5O2/c1-14-13-15(2)26(24-14)18-9-7-17(8-10-18)19(27)23-21(11-5-4-6-12-21)20-22-16(3)28-25-20/h7-10,13H,4-6,11-12H2,1-3H3,(H,23,27). The number of aromatic nitrogens is 4. The average molecular weight is 379 g/mol. The minimum Gasteiger partial charge on any atom is -0.340 e. The molecule has 0 atom stereocenters. The van der Waals surface area contributed by atoms with Crippen molar-refractivity contribution < 1.29 is 9.32 Å². The summed E-state index contributed by atoms with van der Waals surface area (Å²) in [5.74, 6) is 0.977. The van der Waals surface area contributed by atoms with Gasteiger partial charge in [0.15, 0.2) is 5.82 Å². The lowest BCUT2D eigenvalue weighted by Crippen LogP contribution is -2.48. The molecule has 28 heavy (non-hydrogen) atoms. The third kappa shape index (κ3) is 3.44. The molecule has 1 aliphatic rings. The topological polar surface area (TPSA) is 85.8 Å². The molecule has 1 fully saturated rings. The fourth-order valence-electron chi connectivity index (χ4n) is 3.99. The van der Waals surface area contributed by atoms with Crippen LogP contribution in [0.3, 0.4) is 0 Å². The number of nitrogens with zero attached hydrogens (tertiary/aromatic N) is 4. The number of carbonyl (C=O) groups is 1. The zero-order valence-corrected chi connectivity index (χ0v) is 16.5. The maximum atomic E-state index is 13.0. The zero-order valence-electron chi connectivity index (χ0n) is 16.5. The molecule has 7 heteroatoms. The molecule has 1 amide bonds. The van der Waals surface area contributed by atoms with E-state index in [1.54, 1.807) is 6.92 Å². The van der Waals surface area contributed by atoms with E-state index in [0.29, 0.717) is 17.3 Å². The van der Waals surface area contributed by atoms with Crippen LogP contribution in [0.25, 0.3) is 5.69 Å². The molecule has 0 saturated heterocycles. The molecule has 0 radical (unpaired) electrons.